The van der Waals surface area contributed by atoms with Crippen LogP contribution in [0.25, 0.3) is 0 Å². The highest BCUT2D eigenvalue weighted by molar-refractivity contribution is 5.62. The number of hydrogen-bond donors (Lipinski definition) is 0. The topological polar surface area (TPSA) is 17.1 Å². The maximum atomic E-state index is 14.1. The number of rotatable bonds is 6. The van der Waals surface area contributed by atoms with Crippen molar-refractivity contribution in [3.8, 4) is 0 Å². The van der Waals surface area contributed by atoms with E-state index in [4.69, 9.17) is 0 Å². The lowest BCUT2D eigenvalue weighted by Crippen LogP contribution is -2.72. The van der Waals surface area contributed by atoms with Gasteiger partial charge in [0.05, 0.1) is 5.41 Å². The number of carbonyl (C=O) groups is 1. The molecule has 0 spiro atoms. The highest BCUT2D eigenvalue weighted by Gasteiger charge is 2.92. The first-order valence-corrected chi connectivity index (χ1v) is 7.19. The molecular formula is C13H11F13O. The zero-order valence-electron chi connectivity index (χ0n) is 12.9. The van der Waals surface area contributed by atoms with Crippen LogP contribution < -0.4 is 0 Å². The third-order valence-corrected chi connectivity index (χ3v) is 4.53. The molecule has 160 valence electrons. The molecule has 0 aliphatic heterocycles. The van der Waals surface area contributed by atoms with Crippen molar-refractivity contribution in [1.29, 1.82) is 0 Å². The lowest BCUT2D eigenvalue weighted by atomic mass is 9.67. The van der Waals surface area contributed by atoms with E-state index in [-0.39, 0.29) is 19.3 Å². The second kappa shape index (κ2) is 6.39. The Balaban J connectivity index is 3.56. The lowest BCUT2D eigenvalue weighted by Gasteiger charge is -2.46. The minimum atomic E-state index is -7.94. The van der Waals surface area contributed by atoms with Crippen molar-refractivity contribution >= 4 is 6.29 Å². The monoisotopic (exact) mass is 430 g/mol. The molecular weight excluding hydrogens is 419 g/mol. The molecule has 0 aromatic heterocycles. The molecule has 1 saturated carbocycles. The lowest BCUT2D eigenvalue weighted by molar-refractivity contribution is -0.446. The van der Waals surface area contributed by atoms with E-state index in [1.165, 1.54) is 0 Å². The number of halogens is 13. The molecule has 0 amide bonds. The van der Waals surface area contributed by atoms with Crippen LogP contribution in [0.15, 0.2) is 0 Å². The maximum Gasteiger partial charge on any atom is 0.460 e. The molecule has 0 aromatic rings. The fourth-order valence-corrected chi connectivity index (χ4v) is 2.77. The predicted molar refractivity (Wildman–Crippen MR) is 62.4 cm³/mol. The molecule has 14 heteroatoms. The highest BCUT2D eigenvalue weighted by atomic mass is 19.4. The Bertz CT molecular complexity index is 557. The summed E-state index contributed by atoms with van der Waals surface area (Å²) < 4.78 is 171. The van der Waals surface area contributed by atoms with Gasteiger partial charge < -0.3 is 4.79 Å². The van der Waals surface area contributed by atoms with Gasteiger partial charge in [-0.25, -0.2) is 0 Å². The summed E-state index contributed by atoms with van der Waals surface area (Å²) in [7, 11) is 0. The van der Waals surface area contributed by atoms with Crippen molar-refractivity contribution in [2.45, 2.75) is 67.9 Å². The molecule has 27 heavy (non-hydrogen) atoms. The average molecular weight is 430 g/mol. The highest BCUT2D eigenvalue weighted by Crippen LogP contribution is 2.64. The summed E-state index contributed by atoms with van der Waals surface area (Å²) >= 11 is 0. The molecule has 1 nitrogen and oxygen atoms in total. The van der Waals surface area contributed by atoms with Crippen molar-refractivity contribution < 1.29 is 61.9 Å². The molecule has 1 rings (SSSR count). The van der Waals surface area contributed by atoms with Gasteiger partial charge in [0.1, 0.15) is 6.29 Å². The quantitative estimate of drug-likeness (QED) is 0.380. The summed E-state index contributed by atoms with van der Waals surface area (Å²) in [5.74, 6) is -37.3. The molecule has 1 aliphatic carbocycles. The molecule has 0 radical (unpaired) electrons. The van der Waals surface area contributed by atoms with Crippen LogP contribution in [0.1, 0.15) is 32.1 Å². The third kappa shape index (κ3) is 2.97. The molecule has 1 fully saturated rings. The van der Waals surface area contributed by atoms with E-state index in [0.29, 0.717) is 0 Å². The molecule has 0 bridgehead atoms. The van der Waals surface area contributed by atoms with E-state index in [9.17, 15) is 61.9 Å². The first-order chi connectivity index (χ1) is 11.8. The van der Waals surface area contributed by atoms with Crippen LogP contribution in [-0.2, 0) is 4.79 Å². The summed E-state index contributed by atoms with van der Waals surface area (Å²) in [4.78, 5) is 10.9. The fraction of sp³-hybridized carbons (Fsp3) is 0.923. The van der Waals surface area contributed by atoms with Crippen LogP contribution in [0, 0.1) is 5.41 Å². The maximum absolute atomic E-state index is 14.1. The number of hydrogen-bond acceptors (Lipinski definition) is 1. The average Bonchev–Trinajstić information content (AvgIpc) is 2.53. The fourth-order valence-electron chi connectivity index (χ4n) is 2.77. The Morgan fingerprint density at radius 2 is 0.926 bits per heavy atom. The second-order valence-corrected chi connectivity index (χ2v) is 6.20. The van der Waals surface area contributed by atoms with Crippen LogP contribution >= 0.6 is 0 Å². The van der Waals surface area contributed by atoms with Gasteiger partial charge in [-0.3, -0.25) is 0 Å². The Morgan fingerprint density at radius 1 is 0.556 bits per heavy atom. The molecule has 0 aromatic carbocycles. The summed E-state index contributed by atoms with van der Waals surface area (Å²) in [6, 6.07) is 0. The molecule has 0 N–H and O–H groups in total. The van der Waals surface area contributed by atoms with Crippen molar-refractivity contribution in [1.82, 2.24) is 0 Å². The van der Waals surface area contributed by atoms with Crippen LogP contribution in [0.3, 0.4) is 0 Å². The zero-order chi connectivity index (χ0) is 21.7. The number of alkyl halides is 13. The van der Waals surface area contributed by atoms with E-state index in [1.54, 1.807) is 0 Å². The van der Waals surface area contributed by atoms with Gasteiger partial charge in [0.2, 0.25) is 0 Å². The van der Waals surface area contributed by atoms with E-state index < -0.39 is 60.3 Å². The summed E-state index contributed by atoms with van der Waals surface area (Å²) in [6.45, 7) is 0. The first kappa shape index (κ1) is 23.8. The normalized spacial score (nSPS) is 20.5. The first-order valence-electron chi connectivity index (χ1n) is 7.19. The van der Waals surface area contributed by atoms with Crippen LogP contribution in [0.2, 0.25) is 0 Å². The SMILES string of the molecule is O=CC1(C(F)(F)C(F)(F)C(F)(F)C(F)(F)C(F)(F)C(F)(F)F)CCCCC1. The minimum absolute atomic E-state index is 0.0932. The Hall–Kier alpha value is -1.24. The second-order valence-electron chi connectivity index (χ2n) is 6.20. The van der Waals surface area contributed by atoms with E-state index in [0.717, 1.165) is 0 Å². The van der Waals surface area contributed by atoms with Crippen molar-refractivity contribution in [2.24, 2.45) is 5.41 Å². The van der Waals surface area contributed by atoms with Gasteiger partial charge in [-0.15, -0.1) is 0 Å². The van der Waals surface area contributed by atoms with Gasteiger partial charge in [-0.2, -0.15) is 57.1 Å². The number of aldehydes is 1. The molecule has 0 saturated heterocycles. The smallest absolute Gasteiger partial charge is 0.303 e. The molecule has 0 heterocycles. The van der Waals surface area contributed by atoms with Gasteiger partial charge in [0, 0.05) is 0 Å². The van der Waals surface area contributed by atoms with Gasteiger partial charge in [-0.1, -0.05) is 19.3 Å². The van der Waals surface area contributed by atoms with Crippen LogP contribution in [-0.4, -0.2) is 42.1 Å². The van der Waals surface area contributed by atoms with E-state index >= 15 is 0 Å². The van der Waals surface area contributed by atoms with Gasteiger partial charge >= 0.3 is 35.8 Å². The van der Waals surface area contributed by atoms with Gasteiger partial charge in [-0.05, 0) is 12.8 Å². The third-order valence-electron chi connectivity index (χ3n) is 4.53. The van der Waals surface area contributed by atoms with Crippen molar-refractivity contribution in [3.05, 3.63) is 0 Å². The molecule has 0 unspecified atom stereocenters. The Labute approximate surface area is 142 Å². The number of carbonyl (C=O) groups excluding carboxylic acids is 1. The van der Waals surface area contributed by atoms with E-state index in [1.807, 2.05) is 0 Å². The Morgan fingerprint density at radius 3 is 1.26 bits per heavy atom. The van der Waals surface area contributed by atoms with Crippen LogP contribution in [0.5, 0.6) is 0 Å². The van der Waals surface area contributed by atoms with Crippen LogP contribution in [0.4, 0.5) is 57.1 Å². The van der Waals surface area contributed by atoms with Gasteiger partial charge in [0.15, 0.2) is 0 Å². The summed E-state index contributed by atoms with van der Waals surface area (Å²) in [6.07, 6.45) is -11.3. The van der Waals surface area contributed by atoms with Crippen molar-refractivity contribution in [2.75, 3.05) is 0 Å². The zero-order valence-corrected chi connectivity index (χ0v) is 12.9. The van der Waals surface area contributed by atoms with Gasteiger partial charge in [0.25, 0.3) is 0 Å². The summed E-state index contributed by atoms with van der Waals surface area (Å²) in [5, 5.41) is 0. The van der Waals surface area contributed by atoms with Crippen molar-refractivity contribution in [3.63, 3.8) is 0 Å². The minimum Gasteiger partial charge on any atom is -0.303 e. The standard InChI is InChI=1S/C13H11F13O/c14-8(15,7(6-27)4-2-1-3-5-7)9(16,17)10(18,19)11(20,21)12(22,23)13(24,25)26/h6H,1-5H2. The van der Waals surface area contributed by atoms with E-state index in [2.05, 4.69) is 0 Å². The molecule has 1 aliphatic rings. The summed E-state index contributed by atoms with van der Waals surface area (Å²) in [5.41, 5.74) is -3.62. The Kier molecular flexibility index (Phi) is 5.63. The largest absolute Gasteiger partial charge is 0.460 e. The predicted octanol–water partition coefficient (Wildman–Crippen LogP) is 5.87. The molecule has 0 atom stereocenters.